The average Bonchev–Trinajstić information content (AvgIpc) is 3.09. The molecule has 27 heavy (non-hydrogen) atoms. The number of piperidine rings is 1. The van der Waals surface area contributed by atoms with Crippen molar-refractivity contribution in [1.82, 2.24) is 14.7 Å². The van der Waals surface area contributed by atoms with Gasteiger partial charge in [-0.05, 0) is 51.9 Å². The zero-order chi connectivity index (χ0) is 20.0. The fourth-order valence-electron chi connectivity index (χ4n) is 3.97. The standard InChI is InChI=1S/C19H32BN3O4/c1-17(2,14-7-9-22(10-8-14)16(24)25)13-23-12-15(11-21-23)20-26-18(3,4)19(5,6)27-20/h11-12,14H,7-10,13H2,1-6H3,(H,24,25). The summed E-state index contributed by atoms with van der Waals surface area (Å²) in [6.07, 6.45) is 4.81. The molecule has 0 aromatic carbocycles. The quantitative estimate of drug-likeness (QED) is 0.817. The van der Waals surface area contributed by atoms with E-state index in [1.807, 2.05) is 44.8 Å². The zero-order valence-electron chi connectivity index (χ0n) is 17.4. The molecule has 0 unspecified atom stereocenters. The molecule has 0 aliphatic carbocycles. The van der Waals surface area contributed by atoms with E-state index in [4.69, 9.17) is 14.4 Å². The van der Waals surface area contributed by atoms with Gasteiger partial charge >= 0.3 is 13.2 Å². The summed E-state index contributed by atoms with van der Waals surface area (Å²) in [5, 5.41) is 13.7. The fraction of sp³-hybridized carbons (Fsp3) is 0.789. The predicted octanol–water partition coefficient (Wildman–Crippen LogP) is 2.60. The van der Waals surface area contributed by atoms with Crippen molar-refractivity contribution in [2.45, 2.75) is 72.1 Å². The first kappa shape index (κ1) is 20.2. The van der Waals surface area contributed by atoms with Crippen molar-refractivity contribution < 1.29 is 19.2 Å². The predicted molar refractivity (Wildman–Crippen MR) is 104 cm³/mol. The van der Waals surface area contributed by atoms with Gasteiger partial charge in [-0.3, -0.25) is 4.68 Å². The van der Waals surface area contributed by atoms with Crippen LogP contribution in [-0.4, -0.2) is 57.3 Å². The molecule has 0 radical (unpaired) electrons. The van der Waals surface area contributed by atoms with Gasteiger partial charge in [0.05, 0.1) is 11.2 Å². The van der Waals surface area contributed by atoms with Gasteiger partial charge in [-0.1, -0.05) is 13.8 Å². The average molecular weight is 377 g/mol. The molecule has 0 atom stereocenters. The number of nitrogens with zero attached hydrogens (tertiary/aromatic N) is 3. The van der Waals surface area contributed by atoms with Gasteiger partial charge in [0.15, 0.2) is 0 Å². The van der Waals surface area contributed by atoms with Crippen LogP contribution in [0.1, 0.15) is 54.4 Å². The molecule has 2 aliphatic rings. The van der Waals surface area contributed by atoms with E-state index in [9.17, 15) is 4.79 Å². The summed E-state index contributed by atoms with van der Waals surface area (Å²) in [5.74, 6) is 0.470. The van der Waals surface area contributed by atoms with E-state index >= 15 is 0 Å². The highest BCUT2D eigenvalue weighted by atomic mass is 16.7. The molecule has 2 saturated heterocycles. The number of likely N-dealkylation sites (tertiary alicyclic amines) is 1. The van der Waals surface area contributed by atoms with Crippen molar-refractivity contribution in [3.63, 3.8) is 0 Å². The van der Waals surface area contributed by atoms with Crippen LogP contribution in [-0.2, 0) is 15.9 Å². The normalized spacial score (nSPS) is 23.0. The Bertz CT molecular complexity index is 677. The SMILES string of the molecule is CC(C)(Cn1cc(B2OC(C)(C)C(C)(C)O2)cn1)C1CCN(C(=O)O)CC1. The molecule has 1 aromatic rings. The third-order valence-corrected chi connectivity index (χ3v) is 6.62. The first-order chi connectivity index (χ1) is 12.4. The van der Waals surface area contributed by atoms with Crippen molar-refractivity contribution in [3.8, 4) is 0 Å². The monoisotopic (exact) mass is 377 g/mol. The lowest BCUT2D eigenvalue weighted by atomic mass is 9.73. The highest BCUT2D eigenvalue weighted by molar-refractivity contribution is 6.61. The van der Waals surface area contributed by atoms with E-state index < -0.39 is 13.2 Å². The minimum absolute atomic E-state index is 0.0316. The number of rotatable bonds is 4. The first-order valence-electron chi connectivity index (χ1n) is 9.77. The molecular formula is C19H32BN3O4. The lowest BCUT2D eigenvalue weighted by molar-refractivity contribution is 0.00578. The number of carbonyl (C=O) groups is 1. The van der Waals surface area contributed by atoms with E-state index in [0.29, 0.717) is 19.0 Å². The van der Waals surface area contributed by atoms with Crippen LogP contribution in [0.2, 0.25) is 0 Å². The minimum atomic E-state index is -0.814. The van der Waals surface area contributed by atoms with Crippen molar-refractivity contribution >= 4 is 18.7 Å². The molecule has 0 bridgehead atoms. The lowest BCUT2D eigenvalue weighted by Gasteiger charge is -2.39. The summed E-state index contributed by atoms with van der Waals surface area (Å²) in [6.45, 7) is 14.7. The molecule has 0 spiro atoms. The Kier molecular flexibility index (Phi) is 5.10. The van der Waals surface area contributed by atoms with Gasteiger partial charge in [0.25, 0.3) is 0 Å². The second-order valence-corrected chi connectivity index (χ2v) is 9.59. The highest BCUT2D eigenvalue weighted by Crippen LogP contribution is 2.37. The van der Waals surface area contributed by atoms with Crippen LogP contribution < -0.4 is 5.46 Å². The Morgan fingerprint density at radius 1 is 1.26 bits per heavy atom. The molecule has 1 amide bonds. The highest BCUT2D eigenvalue weighted by Gasteiger charge is 2.52. The number of amides is 1. The second kappa shape index (κ2) is 6.81. The van der Waals surface area contributed by atoms with Gasteiger partial charge in [0.1, 0.15) is 0 Å². The van der Waals surface area contributed by atoms with Gasteiger partial charge in [0.2, 0.25) is 0 Å². The Labute approximate surface area is 162 Å². The number of aromatic nitrogens is 2. The van der Waals surface area contributed by atoms with Crippen LogP contribution in [0.4, 0.5) is 4.79 Å². The Morgan fingerprint density at radius 3 is 2.33 bits per heavy atom. The topological polar surface area (TPSA) is 76.8 Å². The van der Waals surface area contributed by atoms with Gasteiger partial charge in [0, 0.05) is 37.5 Å². The number of hydrogen-bond acceptors (Lipinski definition) is 4. The fourth-order valence-corrected chi connectivity index (χ4v) is 3.97. The summed E-state index contributed by atoms with van der Waals surface area (Å²) in [7, 11) is -0.398. The van der Waals surface area contributed by atoms with E-state index in [1.54, 1.807) is 0 Å². The Balaban J connectivity index is 1.63. The molecule has 3 rings (SSSR count). The van der Waals surface area contributed by atoms with Crippen LogP contribution in [0.5, 0.6) is 0 Å². The maximum Gasteiger partial charge on any atom is 0.498 e. The van der Waals surface area contributed by atoms with Crippen LogP contribution in [0.15, 0.2) is 12.4 Å². The van der Waals surface area contributed by atoms with E-state index in [1.165, 1.54) is 4.90 Å². The molecule has 150 valence electrons. The van der Waals surface area contributed by atoms with E-state index in [-0.39, 0.29) is 16.6 Å². The summed E-state index contributed by atoms with van der Waals surface area (Å²) in [6, 6.07) is 0. The third-order valence-electron chi connectivity index (χ3n) is 6.62. The summed E-state index contributed by atoms with van der Waals surface area (Å²) < 4.78 is 14.2. The van der Waals surface area contributed by atoms with Gasteiger partial charge in [-0.25, -0.2) is 4.79 Å². The van der Waals surface area contributed by atoms with Crippen molar-refractivity contribution in [3.05, 3.63) is 12.4 Å². The van der Waals surface area contributed by atoms with Crippen molar-refractivity contribution in [2.75, 3.05) is 13.1 Å². The molecule has 3 heterocycles. The summed E-state index contributed by atoms with van der Waals surface area (Å²) in [4.78, 5) is 12.6. The van der Waals surface area contributed by atoms with E-state index in [0.717, 1.165) is 24.8 Å². The van der Waals surface area contributed by atoms with Crippen molar-refractivity contribution in [1.29, 1.82) is 0 Å². The molecule has 2 aliphatic heterocycles. The molecule has 1 N–H and O–H groups in total. The lowest BCUT2D eigenvalue weighted by Crippen LogP contribution is -2.42. The van der Waals surface area contributed by atoms with Gasteiger partial charge in [-0.15, -0.1) is 0 Å². The van der Waals surface area contributed by atoms with Crippen LogP contribution >= 0.6 is 0 Å². The molecule has 0 saturated carbocycles. The number of carboxylic acid groups (broad SMARTS) is 1. The van der Waals surface area contributed by atoms with Crippen molar-refractivity contribution in [2.24, 2.45) is 11.3 Å². The summed E-state index contributed by atoms with van der Waals surface area (Å²) >= 11 is 0. The van der Waals surface area contributed by atoms with Crippen LogP contribution in [0, 0.1) is 11.3 Å². The first-order valence-corrected chi connectivity index (χ1v) is 9.77. The summed E-state index contributed by atoms with van der Waals surface area (Å²) in [5.41, 5.74) is 0.239. The van der Waals surface area contributed by atoms with Gasteiger partial charge < -0.3 is 19.3 Å². The molecule has 1 aromatic heterocycles. The second-order valence-electron chi connectivity index (χ2n) is 9.59. The zero-order valence-corrected chi connectivity index (χ0v) is 17.4. The maximum atomic E-state index is 11.1. The van der Waals surface area contributed by atoms with E-state index in [2.05, 4.69) is 18.9 Å². The smallest absolute Gasteiger partial charge is 0.465 e. The third kappa shape index (κ3) is 4.01. The largest absolute Gasteiger partial charge is 0.498 e. The molecular weight excluding hydrogens is 345 g/mol. The molecule has 2 fully saturated rings. The number of hydrogen-bond donors (Lipinski definition) is 1. The van der Waals surface area contributed by atoms with Crippen LogP contribution in [0.25, 0.3) is 0 Å². The Hall–Kier alpha value is -1.54. The minimum Gasteiger partial charge on any atom is -0.465 e. The molecule has 8 heteroatoms. The maximum absolute atomic E-state index is 11.1. The Morgan fingerprint density at radius 2 is 1.81 bits per heavy atom. The van der Waals surface area contributed by atoms with Crippen LogP contribution in [0.3, 0.4) is 0 Å². The van der Waals surface area contributed by atoms with Gasteiger partial charge in [-0.2, -0.15) is 5.10 Å². The molecule has 7 nitrogen and oxygen atoms in total.